The van der Waals surface area contributed by atoms with Crippen LogP contribution < -0.4 is 10.6 Å². The molecule has 0 bridgehead atoms. The average Bonchev–Trinajstić information content (AvgIpc) is 2.15. The highest BCUT2D eigenvalue weighted by Crippen LogP contribution is 2.22. The Labute approximate surface area is 107 Å². The van der Waals surface area contributed by atoms with Crippen LogP contribution in [0.3, 0.4) is 0 Å². The average molecular weight is 282 g/mol. The molecule has 0 saturated heterocycles. The number of alkyl halides is 1. The van der Waals surface area contributed by atoms with Crippen molar-refractivity contribution in [1.29, 1.82) is 0 Å². The van der Waals surface area contributed by atoms with Gasteiger partial charge in [0.1, 0.15) is 5.88 Å². The van der Waals surface area contributed by atoms with Crippen molar-refractivity contribution in [1.82, 2.24) is 5.32 Å². The zero-order chi connectivity index (χ0) is 12.1. The van der Waals surface area contributed by atoms with Crippen molar-refractivity contribution in [3.05, 3.63) is 28.2 Å². The molecule has 0 spiro atoms. The third-order valence-corrected chi connectivity index (χ3v) is 2.17. The summed E-state index contributed by atoms with van der Waals surface area (Å²) in [4.78, 5) is 22.0. The third-order valence-electron chi connectivity index (χ3n) is 1.49. The second-order valence-corrected chi connectivity index (χ2v) is 3.93. The first-order chi connectivity index (χ1) is 7.51. The lowest BCUT2D eigenvalue weighted by Crippen LogP contribution is -2.35. The van der Waals surface area contributed by atoms with Crippen molar-refractivity contribution in [3.63, 3.8) is 0 Å². The van der Waals surface area contributed by atoms with E-state index in [0.717, 1.165) is 0 Å². The fraction of sp³-hybridized carbons (Fsp3) is 0.111. The molecule has 0 fully saturated rings. The van der Waals surface area contributed by atoms with Gasteiger partial charge in [-0.3, -0.25) is 10.1 Å². The molecule has 7 heteroatoms. The summed E-state index contributed by atoms with van der Waals surface area (Å²) in [6.07, 6.45) is 0. The molecule has 1 rings (SSSR count). The van der Waals surface area contributed by atoms with Crippen molar-refractivity contribution in [3.8, 4) is 0 Å². The van der Waals surface area contributed by atoms with Crippen molar-refractivity contribution in [2.45, 2.75) is 0 Å². The number of hydrogen-bond donors (Lipinski definition) is 2. The van der Waals surface area contributed by atoms with Gasteiger partial charge in [-0.1, -0.05) is 23.2 Å². The molecule has 86 valence electrons. The smallest absolute Gasteiger partial charge is 0.308 e. The first-order valence-corrected chi connectivity index (χ1v) is 5.43. The summed E-state index contributed by atoms with van der Waals surface area (Å²) in [6, 6.07) is 3.83. The second-order valence-electron chi connectivity index (χ2n) is 2.79. The predicted molar refractivity (Wildman–Crippen MR) is 64.3 cm³/mol. The van der Waals surface area contributed by atoms with Gasteiger partial charge in [0, 0.05) is 15.7 Å². The van der Waals surface area contributed by atoms with Crippen molar-refractivity contribution < 1.29 is 9.59 Å². The van der Waals surface area contributed by atoms with Crippen LogP contribution in [0.4, 0.5) is 10.5 Å². The van der Waals surface area contributed by atoms with E-state index in [4.69, 9.17) is 34.8 Å². The van der Waals surface area contributed by atoms with Gasteiger partial charge in [0.25, 0.3) is 0 Å². The quantitative estimate of drug-likeness (QED) is 0.819. The minimum Gasteiger partial charge on any atom is -0.308 e. The predicted octanol–water partition coefficient (Wildman–Crippen LogP) is 2.88. The molecule has 0 unspecified atom stereocenters. The van der Waals surface area contributed by atoms with Crippen molar-refractivity contribution in [2.24, 2.45) is 0 Å². The van der Waals surface area contributed by atoms with Gasteiger partial charge in [0.05, 0.1) is 0 Å². The summed E-state index contributed by atoms with van der Waals surface area (Å²) < 4.78 is 0. The van der Waals surface area contributed by atoms with Gasteiger partial charge >= 0.3 is 6.03 Å². The molecule has 3 amide bonds. The Hall–Kier alpha value is -0.970. The Bertz CT molecular complexity index is 403. The van der Waals surface area contributed by atoms with Crippen LogP contribution in [0.15, 0.2) is 18.2 Å². The minimum atomic E-state index is -0.691. The fourth-order valence-corrected chi connectivity index (χ4v) is 1.54. The van der Waals surface area contributed by atoms with E-state index in [-0.39, 0.29) is 5.88 Å². The number of carbonyl (C=O) groups is 2. The summed E-state index contributed by atoms with van der Waals surface area (Å²) in [5.74, 6) is -0.878. The van der Waals surface area contributed by atoms with Crippen LogP contribution >= 0.6 is 34.8 Å². The summed E-state index contributed by atoms with van der Waals surface area (Å²) in [5.41, 5.74) is 0.386. The SMILES string of the molecule is O=C(CCl)NC(=O)Nc1cc(Cl)cc(Cl)c1. The zero-order valence-corrected chi connectivity index (χ0v) is 10.2. The van der Waals surface area contributed by atoms with Crippen LogP contribution in [0.2, 0.25) is 10.0 Å². The standard InChI is InChI=1S/C9H7Cl3N2O2/c10-4-8(15)14-9(16)13-7-2-5(11)1-6(12)3-7/h1-3H,4H2,(H2,13,14,15,16). The maximum Gasteiger partial charge on any atom is 0.325 e. The van der Waals surface area contributed by atoms with E-state index in [9.17, 15) is 9.59 Å². The van der Waals surface area contributed by atoms with Crippen LogP contribution in [-0.4, -0.2) is 17.8 Å². The zero-order valence-electron chi connectivity index (χ0n) is 7.89. The molecule has 0 aliphatic heterocycles. The largest absolute Gasteiger partial charge is 0.325 e. The van der Waals surface area contributed by atoms with E-state index < -0.39 is 11.9 Å². The summed E-state index contributed by atoms with van der Waals surface area (Å²) in [6.45, 7) is 0. The fourth-order valence-electron chi connectivity index (χ4n) is 0.948. The Kier molecular flexibility index (Phi) is 4.86. The molecule has 0 aromatic heterocycles. The Morgan fingerprint density at radius 1 is 1.12 bits per heavy atom. The Balaban J connectivity index is 2.66. The number of nitrogens with one attached hydrogen (secondary N) is 2. The molecule has 16 heavy (non-hydrogen) atoms. The number of rotatable bonds is 2. The minimum absolute atomic E-state index is 0.288. The first-order valence-electron chi connectivity index (χ1n) is 4.14. The lowest BCUT2D eigenvalue weighted by Gasteiger charge is -2.06. The number of anilines is 1. The first kappa shape index (κ1) is 13.1. The highest BCUT2D eigenvalue weighted by molar-refractivity contribution is 6.35. The highest BCUT2D eigenvalue weighted by atomic mass is 35.5. The number of halogens is 3. The number of hydrogen-bond acceptors (Lipinski definition) is 2. The molecule has 0 atom stereocenters. The normalized spacial score (nSPS) is 9.69. The third kappa shape index (κ3) is 4.26. The van der Waals surface area contributed by atoms with Gasteiger partial charge < -0.3 is 5.32 Å². The summed E-state index contributed by atoms with van der Waals surface area (Å²) in [7, 11) is 0. The number of urea groups is 1. The van der Waals surface area contributed by atoms with Gasteiger partial charge in [-0.2, -0.15) is 0 Å². The Morgan fingerprint density at radius 3 is 2.19 bits per heavy atom. The van der Waals surface area contributed by atoms with E-state index in [1.807, 2.05) is 5.32 Å². The maximum atomic E-state index is 11.2. The second kappa shape index (κ2) is 5.94. The maximum absolute atomic E-state index is 11.2. The van der Waals surface area contributed by atoms with E-state index in [0.29, 0.717) is 15.7 Å². The highest BCUT2D eigenvalue weighted by Gasteiger charge is 2.07. The monoisotopic (exact) mass is 280 g/mol. The van der Waals surface area contributed by atoms with Crippen molar-refractivity contribution in [2.75, 3.05) is 11.2 Å². The van der Waals surface area contributed by atoms with Gasteiger partial charge in [-0.15, -0.1) is 11.6 Å². The molecule has 4 nitrogen and oxygen atoms in total. The summed E-state index contributed by atoms with van der Waals surface area (Å²) >= 11 is 16.7. The van der Waals surface area contributed by atoms with E-state index in [1.165, 1.54) is 18.2 Å². The van der Waals surface area contributed by atoms with Crippen LogP contribution in [-0.2, 0) is 4.79 Å². The molecule has 1 aromatic rings. The van der Waals surface area contributed by atoms with Crippen LogP contribution in [0.5, 0.6) is 0 Å². The van der Waals surface area contributed by atoms with Gasteiger partial charge in [-0.05, 0) is 18.2 Å². The number of benzene rings is 1. The van der Waals surface area contributed by atoms with Gasteiger partial charge in [-0.25, -0.2) is 4.79 Å². The topological polar surface area (TPSA) is 58.2 Å². The van der Waals surface area contributed by atoms with Crippen LogP contribution in [0.25, 0.3) is 0 Å². The van der Waals surface area contributed by atoms with Crippen LogP contribution in [0, 0.1) is 0 Å². The van der Waals surface area contributed by atoms with Crippen molar-refractivity contribution >= 4 is 52.4 Å². The van der Waals surface area contributed by atoms with Gasteiger partial charge in [0.15, 0.2) is 0 Å². The molecule has 0 radical (unpaired) electrons. The molecule has 0 heterocycles. The molecule has 0 aliphatic carbocycles. The van der Waals surface area contributed by atoms with Gasteiger partial charge in [0.2, 0.25) is 5.91 Å². The molecule has 0 saturated carbocycles. The number of amides is 3. The van der Waals surface area contributed by atoms with E-state index in [1.54, 1.807) is 0 Å². The molecule has 1 aromatic carbocycles. The van der Waals surface area contributed by atoms with E-state index >= 15 is 0 Å². The lowest BCUT2D eigenvalue weighted by atomic mass is 10.3. The lowest BCUT2D eigenvalue weighted by molar-refractivity contribution is -0.117. The molecule has 2 N–H and O–H groups in total. The van der Waals surface area contributed by atoms with E-state index in [2.05, 4.69) is 5.32 Å². The van der Waals surface area contributed by atoms with Crippen LogP contribution in [0.1, 0.15) is 0 Å². The Morgan fingerprint density at radius 2 is 1.69 bits per heavy atom. The number of carbonyl (C=O) groups excluding carboxylic acids is 2. The molecular formula is C9H7Cl3N2O2. The summed E-state index contributed by atoms with van der Waals surface area (Å²) in [5, 5.41) is 5.16. The molecular weight excluding hydrogens is 274 g/mol. The number of imide groups is 1. The molecule has 0 aliphatic rings.